The van der Waals surface area contributed by atoms with Gasteiger partial charge in [-0.25, -0.2) is 0 Å². The van der Waals surface area contributed by atoms with Crippen LogP contribution in [-0.2, 0) is 125 Å². The van der Waals surface area contributed by atoms with E-state index in [4.69, 9.17) is 124 Å². The van der Waals surface area contributed by atoms with E-state index < -0.39 is 0 Å². The van der Waals surface area contributed by atoms with Crippen molar-refractivity contribution in [1.29, 1.82) is 0 Å². The third-order valence-electron chi connectivity index (χ3n) is 10.3. The van der Waals surface area contributed by atoms with Gasteiger partial charge in [0.05, 0.1) is 330 Å². The first-order chi connectivity index (χ1) is 41.4. The molecule has 26 nitrogen and oxygen atoms in total. The van der Waals surface area contributed by atoms with Gasteiger partial charge in [-0.2, -0.15) is 0 Å². The smallest absolute Gasteiger partial charge is 0.0718 e. The summed E-state index contributed by atoms with van der Waals surface area (Å²) in [5.74, 6) is 0. The highest BCUT2D eigenvalue weighted by Gasteiger charge is 2.01. The summed E-state index contributed by atoms with van der Waals surface area (Å²) in [7, 11) is 0. The van der Waals surface area contributed by atoms with Crippen LogP contribution in [0.3, 0.4) is 0 Å². The molecule has 0 heterocycles. The molecule has 2 N–H and O–H groups in total. The van der Waals surface area contributed by atoms with Gasteiger partial charge in [-0.3, -0.25) is 0 Å². The Morgan fingerprint density at radius 1 is 0.157 bits per heavy atom. The van der Waals surface area contributed by atoms with E-state index in [2.05, 4.69) is 0 Å². The monoisotopic (exact) mass is 1210 g/mol. The first-order valence-electron chi connectivity index (χ1n) is 29.6. The second-order valence-electron chi connectivity index (χ2n) is 17.0. The van der Waals surface area contributed by atoms with E-state index >= 15 is 0 Å². The summed E-state index contributed by atoms with van der Waals surface area (Å²) in [5, 5.41) is 0. The predicted molar refractivity (Wildman–Crippen MR) is 305 cm³/mol. The van der Waals surface area contributed by atoms with Crippen molar-refractivity contribution in [3.8, 4) is 0 Å². The van der Waals surface area contributed by atoms with Crippen molar-refractivity contribution < 1.29 is 118 Å². The summed E-state index contributed by atoms with van der Waals surface area (Å²) < 4.78 is 137. The minimum absolute atomic E-state index is 0.485. The number of benzene rings is 1. The molecular weight excluding hydrogens is 1100 g/mol. The molecule has 0 aliphatic carbocycles. The Morgan fingerprint density at radius 2 is 0.277 bits per heavy atom. The fourth-order valence-electron chi connectivity index (χ4n) is 6.13. The van der Waals surface area contributed by atoms with Gasteiger partial charge in [0, 0.05) is 6.54 Å². The SMILES string of the molecule is NCCOCCOCCOCCOCCOCCOCCOCCOCCOCCOCCOCCOCCOCCOCCOCCOCCOCCOCCOCCOCCOCCOCCOCCOCCOCc1ccccc1. The average Bonchev–Trinajstić information content (AvgIpc) is 3.50. The van der Waals surface area contributed by atoms with Crippen molar-refractivity contribution in [1.82, 2.24) is 0 Å². The molecular formula is C57H109NO25. The van der Waals surface area contributed by atoms with Crippen molar-refractivity contribution in [2.45, 2.75) is 6.61 Å². The number of ether oxygens (including phenoxy) is 25. The van der Waals surface area contributed by atoms with Crippen LogP contribution >= 0.6 is 0 Å². The number of nitrogens with two attached hydrogens (primary N) is 1. The Kier molecular flexibility index (Phi) is 71.0. The van der Waals surface area contributed by atoms with Crippen molar-refractivity contribution in [2.75, 3.05) is 330 Å². The van der Waals surface area contributed by atoms with Crippen molar-refractivity contribution in [2.24, 2.45) is 5.73 Å². The quantitative estimate of drug-likeness (QED) is 0.0908. The Bertz CT molecular complexity index is 1300. The topological polar surface area (TPSA) is 257 Å². The summed E-state index contributed by atoms with van der Waals surface area (Å²) >= 11 is 0. The molecule has 0 aliphatic rings. The Balaban J connectivity index is 1.58. The summed E-state index contributed by atoms with van der Waals surface area (Å²) in [6, 6.07) is 10.1. The molecule has 492 valence electrons. The highest BCUT2D eigenvalue weighted by Crippen LogP contribution is 2.00. The molecule has 0 unspecified atom stereocenters. The third kappa shape index (κ3) is 70.8. The molecule has 83 heavy (non-hydrogen) atoms. The molecule has 1 rings (SSSR count). The molecule has 26 heteroatoms. The van der Waals surface area contributed by atoms with E-state index in [9.17, 15) is 0 Å². The van der Waals surface area contributed by atoms with E-state index in [-0.39, 0.29) is 0 Å². The zero-order valence-corrected chi connectivity index (χ0v) is 50.2. The molecule has 0 radical (unpaired) electrons. The molecule has 1 aromatic rings. The Labute approximate surface area is 495 Å². The first kappa shape index (κ1) is 79.2. The van der Waals surface area contributed by atoms with Gasteiger partial charge in [0.25, 0.3) is 0 Å². The lowest BCUT2D eigenvalue weighted by molar-refractivity contribution is -0.0321. The molecule has 0 saturated carbocycles. The van der Waals surface area contributed by atoms with E-state index in [1.54, 1.807) is 0 Å². The van der Waals surface area contributed by atoms with E-state index in [0.29, 0.717) is 337 Å². The van der Waals surface area contributed by atoms with Gasteiger partial charge in [0.1, 0.15) is 0 Å². The molecule has 0 saturated heterocycles. The van der Waals surface area contributed by atoms with Crippen molar-refractivity contribution in [3.63, 3.8) is 0 Å². The minimum atomic E-state index is 0.485. The lowest BCUT2D eigenvalue weighted by Crippen LogP contribution is -2.16. The second kappa shape index (κ2) is 74.4. The lowest BCUT2D eigenvalue weighted by Gasteiger charge is -2.09. The molecule has 0 aliphatic heterocycles. The normalized spacial score (nSPS) is 11.7. The van der Waals surface area contributed by atoms with Crippen LogP contribution in [0.15, 0.2) is 30.3 Å². The third-order valence-corrected chi connectivity index (χ3v) is 10.3. The summed E-state index contributed by atoms with van der Waals surface area (Å²) in [4.78, 5) is 0. The van der Waals surface area contributed by atoms with Gasteiger partial charge in [0.2, 0.25) is 0 Å². The summed E-state index contributed by atoms with van der Waals surface area (Å²) in [6.07, 6.45) is 0. The van der Waals surface area contributed by atoms with Gasteiger partial charge in [0.15, 0.2) is 0 Å². The second-order valence-corrected chi connectivity index (χ2v) is 17.0. The van der Waals surface area contributed by atoms with Crippen LogP contribution in [0, 0.1) is 0 Å². The van der Waals surface area contributed by atoms with Gasteiger partial charge in [-0.1, -0.05) is 30.3 Å². The largest absolute Gasteiger partial charge is 0.378 e. The molecule has 0 amide bonds. The highest BCUT2D eigenvalue weighted by atomic mass is 16.6. The van der Waals surface area contributed by atoms with Crippen molar-refractivity contribution in [3.05, 3.63) is 35.9 Å². The van der Waals surface area contributed by atoms with Gasteiger partial charge < -0.3 is 124 Å². The van der Waals surface area contributed by atoms with E-state index in [1.807, 2.05) is 30.3 Å². The van der Waals surface area contributed by atoms with Crippen LogP contribution in [0.25, 0.3) is 0 Å². The fraction of sp³-hybridized carbons (Fsp3) is 0.895. The molecule has 0 aromatic heterocycles. The maximum Gasteiger partial charge on any atom is 0.0718 e. The van der Waals surface area contributed by atoms with Gasteiger partial charge in [-0.15, -0.1) is 0 Å². The maximum absolute atomic E-state index is 5.58. The average molecular weight is 1210 g/mol. The molecule has 1 aromatic carbocycles. The van der Waals surface area contributed by atoms with Crippen LogP contribution < -0.4 is 5.73 Å². The van der Waals surface area contributed by atoms with Gasteiger partial charge in [-0.05, 0) is 5.56 Å². The molecule has 0 bridgehead atoms. The van der Waals surface area contributed by atoms with Crippen LogP contribution in [0.4, 0.5) is 0 Å². The number of hydrogen-bond acceptors (Lipinski definition) is 26. The Hall–Kier alpha value is -1.82. The van der Waals surface area contributed by atoms with Crippen LogP contribution in [-0.4, -0.2) is 330 Å². The number of hydrogen-bond donors (Lipinski definition) is 1. The molecule has 0 spiro atoms. The Morgan fingerprint density at radius 3 is 0.410 bits per heavy atom. The maximum atomic E-state index is 5.58. The molecule has 0 fully saturated rings. The first-order valence-corrected chi connectivity index (χ1v) is 29.6. The van der Waals surface area contributed by atoms with Crippen molar-refractivity contribution >= 4 is 0 Å². The summed E-state index contributed by atoms with van der Waals surface area (Å²) in [5.41, 5.74) is 6.50. The highest BCUT2D eigenvalue weighted by molar-refractivity contribution is 5.13. The zero-order chi connectivity index (χ0) is 58.9. The van der Waals surface area contributed by atoms with Crippen LogP contribution in [0.1, 0.15) is 5.56 Å². The summed E-state index contributed by atoms with van der Waals surface area (Å²) in [6.45, 7) is 25.6. The van der Waals surface area contributed by atoms with Crippen LogP contribution in [0.2, 0.25) is 0 Å². The lowest BCUT2D eigenvalue weighted by atomic mass is 10.2. The zero-order valence-electron chi connectivity index (χ0n) is 50.2. The minimum Gasteiger partial charge on any atom is -0.378 e. The number of rotatable bonds is 76. The predicted octanol–water partition coefficient (Wildman–Crippen LogP) is 1.56. The van der Waals surface area contributed by atoms with Gasteiger partial charge >= 0.3 is 0 Å². The fourth-order valence-corrected chi connectivity index (χ4v) is 6.13. The van der Waals surface area contributed by atoms with E-state index in [1.165, 1.54) is 0 Å². The van der Waals surface area contributed by atoms with E-state index in [0.717, 1.165) is 5.56 Å². The molecule has 0 atom stereocenters. The standard InChI is InChI=1S/C57H109NO25/c58-6-7-59-8-9-60-10-11-61-12-13-62-14-15-63-16-17-64-18-19-65-20-21-66-22-23-67-24-25-68-26-27-69-28-29-70-30-31-71-32-33-72-34-35-73-36-37-74-38-39-75-40-41-76-42-43-77-44-45-78-46-47-79-48-49-80-50-51-81-52-53-82-54-55-83-56-57-4-2-1-3-5-57/h1-5H,6-56,58H2. The van der Waals surface area contributed by atoms with Crippen LogP contribution in [0.5, 0.6) is 0 Å².